The Kier molecular flexibility index (Phi) is 11.9. The van der Waals surface area contributed by atoms with E-state index in [-0.39, 0.29) is 17.0 Å². The van der Waals surface area contributed by atoms with Gasteiger partial charge in [0, 0.05) is 47.2 Å². The number of anilines is 5. The Balaban J connectivity index is 0.000000200. The topological polar surface area (TPSA) is 175 Å². The van der Waals surface area contributed by atoms with Gasteiger partial charge >= 0.3 is 12.1 Å². The van der Waals surface area contributed by atoms with Crippen molar-refractivity contribution in [2.75, 3.05) is 53.8 Å². The summed E-state index contributed by atoms with van der Waals surface area (Å²) in [6.07, 6.45) is 4.42. The van der Waals surface area contributed by atoms with Crippen LogP contribution in [0.5, 0.6) is 0 Å². The number of nitrogens with zero attached hydrogens (tertiary/aromatic N) is 7. The third-order valence-corrected chi connectivity index (χ3v) is 7.15. The number of carbonyl (C=O) groups excluding carboxylic acids is 2. The highest BCUT2D eigenvalue weighted by atomic mass is 35.5. The van der Waals surface area contributed by atoms with Crippen LogP contribution in [-0.4, -0.2) is 74.1 Å². The lowest BCUT2D eigenvalue weighted by molar-refractivity contribution is 0.261. The number of halogens is 1. The predicted molar refractivity (Wildman–Crippen MR) is 199 cm³/mol. The summed E-state index contributed by atoms with van der Waals surface area (Å²) in [5.41, 5.74) is 1.43. The van der Waals surface area contributed by atoms with E-state index in [0.29, 0.717) is 23.1 Å². The number of aromatic nitrogens is 6. The maximum Gasteiger partial charge on any atom is 0.327 e. The van der Waals surface area contributed by atoms with E-state index >= 15 is 0 Å². The zero-order chi connectivity index (χ0) is 35.5. The monoisotopic (exact) mass is 692 g/mol. The van der Waals surface area contributed by atoms with Crippen molar-refractivity contribution < 1.29 is 9.59 Å². The molecule has 5 N–H and O–H groups in total. The second-order valence-electron chi connectivity index (χ2n) is 11.4. The molecule has 14 nitrogen and oxygen atoms in total. The molecule has 6 rings (SSSR count). The smallest absolute Gasteiger partial charge is 0.327 e. The van der Waals surface area contributed by atoms with Gasteiger partial charge in [0.1, 0.15) is 22.6 Å². The first-order chi connectivity index (χ1) is 24.1. The molecule has 0 spiro atoms. The number of fused-ring (bicyclic) bond motifs is 2. The Morgan fingerprint density at radius 3 is 1.66 bits per heavy atom. The van der Waals surface area contributed by atoms with E-state index in [4.69, 9.17) is 11.6 Å². The van der Waals surface area contributed by atoms with Gasteiger partial charge < -0.3 is 10.2 Å². The quantitative estimate of drug-likeness (QED) is 0.0786. The fourth-order valence-electron chi connectivity index (χ4n) is 4.71. The number of pyridine rings is 2. The van der Waals surface area contributed by atoms with E-state index in [1.807, 2.05) is 81.7 Å². The highest BCUT2D eigenvalue weighted by Gasteiger charge is 2.10. The zero-order valence-electron chi connectivity index (χ0n) is 28.0. The summed E-state index contributed by atoms with van der Waals surface area (Å²) in [4.78, 5) is 51.5. The molecule has 0 aliphatic heterocycles. The molecular formula is C35H37ClN12O2. The second-order valence-corrected chi connectivity index (χ2v) is 11.8. The van der Waals surface area contributed by atoms with E-state index in [9.17, 15) is 9.59 Å². The normalized spacial score (nSPS) is 10.7. The number of nitrogens with one attached hydrogen (secondary N) is 5. The van der Waals surface area contributed by atoms with Crippen LogP contribution in [0.2, 0.25) is 5.15 Å². The maximum absolute atomic E-state index is 12.3. The summed E-state index contributed by atoms with van der Waals surface area (Å²) in [6.45, 7) is 5.41. The largest absolute Gasteiger partial charge is 0.370 e. The lowest BCUT2D eigenvalue weighted by atomic mass is 10.2. The molecule has 4 aromatic heterocycles. The first-order valence-electron chi connectivity index (χ1n) is 15.7. The van der Waals surface area contributed by atoms with Crippen molar-refractivity contribution in [3.8, 4) is 0 Å². The van der Waals surface area contributed by atoms with Crippen molar-refractivity contribution in [1.29, 1.82) is 0 Å². The van der Waals surface area contributed by atoms with Crippen molar-refractivity contribution in [1.82, 2.24) is 34.8 Å². The minimum Gasteiger partial charge on any atom is -0.370 e. The molecule has 15 heteroatoms. The van der Waals surface area contributed by atoms with E-state index < -0.39 is 12.1 Å². The minimum absolute atomic E-state index is 0.142. The van der Waals surface area contributed by atoms with Gasteiger partial charge in [-0.2, -0.15) is 4.98 Å². The Hall–Kier alpha value is -5.99. The summed E-state index contributed by atoms with van der Waals surface area (Å²) >= 11 is 5.82. The van der Waals surface area contributed by atoms with Gasteiger partial charge in [-0.3, -0.25) is 21.3 Å². The Morgan fingerprint density at radius 2 is 1.14 bits per heavy atom. The summed E-state index contributed by atoms with van der Waals surface area (Å²) < 4.78 is 0. The zero-order valence-corrected chi connectivity index (χ0v) is 28.8. The number of carbonyl (C=O) groups is 2. The van der Waals surface area contributed by atoms with E-state index in [0.717, 1.165) is 46.7 Å². The third kappa shape index (κ3) is 10.8. The van der Waals surface area contributed by atoms with Gasteiger partial charge in [0.15, 0.2) is 0 Å². The van der Waals surface area contributed by atoms with E-state index in [2.05, 4.69) is 61.4 Å². The number of hydrogen-bond donors (Lipinski definition) is 5. The number of amides is 4. The van der Waals surface area contributed by atoms with Gasteiger partial charge in [-0.25, -0.2) is 34.5 Å². The molecule has 0 fully saturated rings. The van der Waals surface area contributed by atoms with Crippen LogP contribution in [0.3, 0.4) is 0 Å². The first-order valence-corrected chi connectivity index (χ1v) is 16.1. The van der Waals surface area contributed by atoms with Crippen molar-refractivity contribution in [3.05, 3.63) is 102 Å². The van der Waals surface area contributed by atoms with Crippen LogP contribution in [0.25, 0.3) is 21.5 Å². The van der Waals surface area contributed by atoms with Gasteiger partial charge in [0.2, 0.25) is 11.9 Å². The number of benzene rings is 2. The Bertz CT molecular complexity index is 2090. The molecule has 4 heterocycles. The fraction of sp³-hybridized carbons (Fsp3) is 0.200. The maximum atomic E-state index is 12.3. The lowest BCUT2D eigenvalue weighted by Gasteiger charge is -2.12. The van der Waals surface area contributed by atoms with Crippen LogP contribution < -0.4 is 26.6 Å². The highest BCUT2D eigenvalue weighted by molar-refractivity contribution is 6.29. The number of urea groups is 2. The molecule has 0 saturated carbocycles. The van der Waals surface area contributed by atoms with E-state index in [1.54, 1.807) is 31.5 Å². The van der Waals surface area contributed by atoms with E-state index in [1.165, 1.54) is 0 Å². The van der Waals surface area contributed by atoms with Crippen LogP contribution in [0.4, 0.5) is 38.9 Å². The van der Waals surface area contributed by atoms with Crippen LogP contribution in [0, 0.1) is 13.8 Å². The third-order valence-electron chi connectivity index (χ3n) is 6.96. The van der Waals surface area contributed by atoms with Crippen molar-refractivity contribution in [2.24, 2.45) is 0 Å². The molecule has 50 heavy (non-hydrogen) atoms. The minimum atomic E-state index is -0.482. The van der Waals surface area contributed by atoms with Gasteiger partial charge in [-0.15, -0.1) is 0 Å². The predicted octanol–water partition coefficient (Wildman–Crippen LogP) is 6.97. The lowest BCUT2D eigenvalue weighted by Crippen LogP contribution is -2.22. The molecule has 0 atom stereocenters. The van der Waals surface area contributed by atoms with Gasteiger partial charge in [0.25, 0.3) is 0 Å². The van der Waals surface area contributed by atoms with Gasteiger partial charge in [-0.05, 0) is 69.9 Å². The van der Waals surface area contributed by atoms with Crippen LogP contribution in [0.1, 0.15) is 17.8 Å². The highest BCUT2D eigenvalue weighted by Crippen LogP contribution is 2.18. The average molecular weight is 693 g/mol. The molecule has 0 radical (unpaired) electrons. The molecule has 2 aromatic carbocycles. The molecule has 0 aliphatic rings. The van der Waals surface area contributed by atoms with Crippen molar-refractivity contribution >= 4 is 74.6 Å². The average Bonchev–Trinajstić information content (AvgIpc) is 3.06. The summed E-state index contributed by atoms with van der Waals surface area (Å²) in [7, 11) is 4.08. The number of hydrogen-bond acceptors (Lipinski definition) is 10. The van der Waals surface area contributed by atoms with Crippen molar-refractivity contribution in [3.63, 3.8) is 0 Å². The van der Waals surface area contributed by atoms with Gasteiger partial charge in [0.05, 0.1) is 0 Å². The molecule has 4 amide bonds. The fourth-order valence-corrected chi connectivity index (χ4v) is 4.95. The molecule has 6 aromatic rings. The van der Waals surface area contributed by atoms with Crippen LogP contribution >= 0.6 is 11.6 Å². The molecule has 0 aliphatic carbocycles. The van der Waals surface area contributed by atoms with Crippen LogP contribution in [0.15, 0.2) is 85.2 Å². The first kappa shape index (κ1) is 35.3. The molecule has 0 saturated heterocycles. The Labute approximate surface area is 294 Å². The Morgan fingerprint density at radius 1 is 0.640 bits per heavy atom. The molecule has 256 valence electrons. The number of aryl methyl sites for hydroxylation is 2. The SMILES string of the molecule is Cc1cc(Cl)nc(NC(=O)Nc2cc3ccccc3cn2)n1.Cc1cc(NCCCN(C)C)nc(NC(=O)Nc2cc3ccccc3cn2)n1. The molecule has 0 unspecified atom stereocenters. The summed E-state index contributed by atoms with van der Waals surface area (Å²) in [6, 6.07) is 21.7. The van der Waals surface area contributed by atoms with Gasteiger partial charge in [-0.1, -0.05) is 60.1 Å². The summed E-state index contributed by atoms with van der Waals surface area (Å²) in [5, 5.41) is 18.1. The molecule has 0 bridgehead atoms. The van der Waals surface area contributed by atoms with Crippen LogP contribution in [-0.2, 0) is 0 Å². The standard InChI is InChI=1S/C20H25N7O.C15H12ClN5O/c1-14-11-17(21-9-6-10-27(2)3)24-19(23-14)26-20(28)25-18-12-15-7-4-5-8-16(15)13-22-18;1-9-6-12(16)19-14(18-9)21-15(22)20-13-7-10-4-2-3-5-11(10)8-17-13/h4-5,7-8,11-13H,6,9-10H2,1-3H3,(H3,21,22,23,24,25,26,28);2-8H,1H3,(H2,17,18,19,20,21,22). The molecular weight excluding hydrogens is 656 g/mol. The summed E-state index contributed by atoms with van der Waals surface area (Å²) in [5.74, 6) is 1.97. The van der Waals surface area contributed by atoms with Crippen molar-refractivity contribution in [2.45, 2.75) is 20.3 Å². The number of rotatable bonds is 9. The second kappa shape index (κ2) is 16.9.